The number of nitro groups is 2. The van der Waals surface area contributed by atoms with Crippen molar-refractivity contribution >= 4 is 17.5 Å². The largest absolute Gasteiger partial charge is 0.519 e. The first kappa shape index (κ1) is 29.5. The molecule has 0 fully saturated rings. The van der Waals surface area contributed by atoms with Crippen LogP contribution in [0.5, 0.6) is 0 Å². The molecule has 15 nitrogen and oxygen atoms in total. The van der Waals surface area contributed by atoms with E-state index in [0.29, 0.717) is 0 Å². The highest BCUT2D eigenvalue weighted by Crippen LogP contribution is 2.36. The zero-order valence-corrected chi connectivity index (χ0v) is 22.6. The molecule has 2 unspecified atom stereocenters. The SMILES string of the molecule is CC(C)c1oc(=O)oc1C(OC(=O)OC(c1ccc([N+](=O)[O-])cc1)c1oc(=O)oc1C(C)C)c1ccc([N+](=O)[O-])cc1. The first-order valence-corrected chi connectivity index (χ1v) is 12.5. The molecule has 4 aromatic rings. The maximum atomic E-state index is 13.3. The van der Waals surface area contributed by atoms with Crippen LogP contribution in [0.4, 0.5) is 16.2 Å². The fourth-order valence-electron chi connectivity index (χ4n) is 4.08. The second-order valence-electron chi connectivity index (χ2n) is 9.62. The Balaban J connectivity index is 1.76. The lowest BCUT2D eigenvalue weighted by molar-refractivity contribution is -0.385. The Kier molecular flexibility index (Phi) is 8.40. The molecular formula is C27H24N2O13. The van der Waals surface area contributed by atoms with Gasteiger partial charge in [0.15, 0.2) is 35.2 Å². The quantitative estimate of drug-likeness (QED) is 0.121. The Morgan fingerprint density at radius 2 is 0.929 bits per heavy atom. The van der Waals surface area contributed by atoms with Gasteiger partial charge in [-0.25, -0.2) is 14.4 Å². The highest BCUT2D eigenvalue weighted by molar-refractivity contribution is 5.62. The summed E-state index contributed by atoms with van der Waals surface area (Å²) in [6, 6.07) is 9.86. The van der Waals surface area contributed by atoms with Gasteiger partial charge >= 0.3 is 17.8 Å². The van der Waals surface area contributed by atoms with Gasteiger partial charge in [-0.2, -0.15) is 0 Å². The van der Waals surface area contributed by atoms with E-state index in [9.17, 15) is 34.6 Å². The number of benzene rings is 2. The predicted octanol–water partition coefficient (Wildman–Crippen LogP) is 5.87. The molecule has 15 heteroatoms. The van der Waals surface area contributed by atoms with E-state index in [-0.39, 0.29) is 45.5 Å². The first-order chi connectivity index (χ1) is 19.8. The third-order valence-corrected chi connectivity index (χ3v) is 6.03. The average molecular weight is 584 g/mol. The van der Waals surface area contributed by atoms with Crippen molar-refractivity contribution in [3.8, 4) is 0 Å². The number of ether oxygens (including phenoxy) is 2. The summed E-state index contributed by atoms with van der Waals surface area (Å²) in [5.41, 5.74) is -0.137. The van der Waals surface area contributed by atoms with Gasteiger partial charge in [-0.1, -0.05) is 27.7 Å². The summed E-state index contributed by atoms with van der Waals surface area (Å²) in [4.78, 5) is 58.4. The zero-order valence-electron chi connectivity index (χ0n) is 22.6. The van der Waals surface area contributed by atoms with Crippen LogP contribution in [0.25, 0.3) is 0 Å². The number of rotatable bonds is 10. The molecule has 0 saturated carbocycles. The summed E-state index contributed by atoms with van der Waals surface area (Å²) < 4.78 is 31.9. The molecule has 0 aliphatic rings. The molecule has 2 aromatic heterocycles. The third kappa shape index (κ3) is 6.29. The Morgan fingerprint density at radius 3 is 1.21 bits per heavy atom. The molecule has 42 heavy (non-hydrogen) atoms. The van der Waals surface area contributed by atoms with E-state index >= 15 is 0 Å². The summed E-state index contributed by atoms with van der Waals surface area (Å²) in [5, 5.41) is 22.3. The normalized spacial score (nSPS) is 12.7. The Morgan fingerprint density at radius 1 is 0.619 bits per heavy atom. The summed E-state index contributed by atoms with van der Waals surface area (Å²) in [7, 11) is 0. The standard InChI is InChI=1S/C27H24N2O13/c1-13(2)19-23(41-25(30)37-19)21(15-5-9-17(10-6-15)28(33)34)39-27(32)40-22(16-7-11-18(12-8-16)29(35)36)24-20(14(3)4)38-26(31)42-24/h5-14,21-22H,1-4H3. The molecule has 0 radical (unpaired) electrons. The predicted molar refractivity (Wildman–Crippen MR) is 140 cm³/mol. The fraction of sp³-hybridized carbons (Fsp3) is 0.296. The minimum atomic E-state index is -1.46. The van der Waals surface area contributed by atoms with Gasteiger partial charge in [0.05, 0.1) is 9.85 Å². The van der Waals surface area contributed by atoms with Crippen molar-refractivity contribution in [2.75, 3.05) is 0 Å². The van der Waals surface area contributed by atoms with Crippen LogP contribution in [-0.2, 0) is 9.47 Å². The molecule has 2 heterocycles. The van der Waals surface area contributed by atoms with E-state index in [1.54, 1.807) is 27.7 Å². The van der Waals surface area contributed by atoms with Crippen LogP contribution in [-0.4, -0.2) is 16.0 Å². The number of nitro benzene ring substituents is 2. The first-order valence-electron chi connectivity index (χ1n) is 12.5. The van der Waals surface area contributed by atoms with Gasteiger partial charge in [0.2, 0.25) is 0 Å². The minimum Gasteiger partial charge on any atom is -0.418 e. The third-order valence-electron chi connectivity index (χ3n) is 6.03. The van der Waals surface area contributed by atoms with Crippen LogP contribution >= 0.6 is 0 Å². The molecule has 0 saturated heterocycles. The molecular weight excluding hydrogens is 560 g/mol. The highest BCUT2D eigenvalue weighted by Gasteiger charge is 2.34. The lowest BCUT2D eigenvalue weighted by atomic mass is 10.0. The van der Waals surface area contributed by atoms with E-state index in [4.69, 9.17) is 27.1 Å². The Bertz CT molecular complexity index is 1580. The topological polar surface area (TPSA) is 209 Å². The molecule has 4 rings (SSSR count). The summed E-state index contributed by atoms with van der Waals surface area (Å²) in [6.45, 7) is 6.78. The van der Waals surface area contributed by atoms with Crippen molar-refractivity contribution in [3.63, 3.8) is 0 Å². The molecule has 0 N–H and O–H groups in total. The van der Waals surface area contributed by atoms with Crippen molar-refractivity contribution in [3.05, 3.63) is 124 Å². The monoisotopic (exact) mass is 584 g/mol. The Hall–Kier alpha value is -5.47. The average Bonchev–Trinajstić information content (AvgIpc) is 3.53. The van der Waals surface area contributed by atoms with Gasteiger partial charge in [-0.3, -0.25) is 20.2 Å². The molecule has 0 amide bonds. The van der Waals surface area contributed by atoms with Crippen molar-refractivity contribution < 1.29 is 41.8 Å². The van der Waals surface area contributed by atoms with E-state index in [1.807, 2.05) is 0 Å². The number of carbonyl (C=O) groups excluding carboxylic acids is 1. The maximum absolute atomic E-state index is 13.3. The maximum Gasteiger partial charge on any atom is 0.519 e. The molecule has 0 spiro atoms. The minimum absolute atomic E-state index is 0.0611. The molecule has 2 atom stereocenters. The van der Waals surface area contributed by atoms with Crippen LogP contribution in [0.3, 0.4) is 0 Å². The van der Waals surface area contributed by atoms with Gasteiger partial charge in [-0.05, 0) is 24.3 Å². The summed E-state index contributed by atoms with van der Waals surface area (Å²) in [6.07, 6.45) is -4.26. The van der Waals surface area contributed by atoms with Crippen molar-refractivity contribution in [2.45, 2.75) is 51.7 Å². The van der Waals surface area contributed by atoms with E-state index in [1.165, 1.54) is 48.5 Å². The number of hydrogen-bond acceptors (Lipinski definition) is 13. The molecule has 2 aromatic carbocycles. The second kappa shape index (κ2) is 12.0. The molecule has 0 bridgehead atoms. The summed E-state index contributed by atoms with van der Waals surface area (Å²) >= 11 is 0. The molecule has 220 valence electrons. The lowest BCUT2D eigenvalue weighted by Crippen LogP contribution is -2.19. The smallest absolute Gasteiger partial charge is 0.418 e. The van der Waals surface area contributed by atoms with E-state index in [2.05, 4.69) is 0 Å². The van der Waals surface area contributed by atoms with Gasteiger partial charge in [0.1, 0.15) is 0 Å². The number of hydrogen-bond donors (Lipinski definition) is 0. The van der Waals surface area contributed by atoms with Crippen LogP contribution in [0.1, 0.15) is 85.9 Å². The van der Waals surface area contributed by atoms with Crippen molar-refractivity contribution in [1.82, 2.24) is 0 Å². The number of non-ortho nitro benzene ring substituents is 2. The molecule has 0 aliphatic carbocycles. The number of carbonyl (C=O) groups is 1. The number of nitrogens with zero attached hydrogens (tertiary/aromatic N) is 2. The Labute approximate surface area is 235 Å². The van der Waals surface area contributed by atoms with Crippen molar-refractivity contribution in [1.29, 1.82) is 0 Å². The fourth-order valence-corrected chi connectivity index (χ4v) is 4.08. The van der Waals surface area contributed by atoms with Crippen molar-refractivity contribution in [2.24, 2.45) is 0 Å². The highest BCUT2D eigenvalue weighted by atomic mass is 16.7. The van der Waals surface area contributed by atoms with Crippen LogP contribution in [0, 0.1) is 20.2 Å². The zero-order chi connectivity index (χ0) is 30.7. The van der Waals surface area contributed by atoms with Crippen LogP contribution in [0.2, 0.25) is 0 Å². The van der Waals surface area contributed by atoms with Gasteiger partial charge in [-0.15, -0.1) is 0 Å². The van der Waals surface area contributed by atoms with Gasteiger partial charge in [0, 0.05) is 47.2 Å². The second-order valence-corrected chi connectivity index (χ2v) is 9.62. The van der Waals surface area contributed by atoms with E-state index in [0.717, 1.165) is 0 Å². The summed E-state index contributed by atoms with van der Waals surface area (Å²) in [5.74, 6) is -3.15. The van der Waals surface area contributed by atoms with Crippen LogP contribution < -0.4 is 11.6 Å². The molecule has 0 aliphatic heterocycles. The van der Waals surface area contributed by atoms with Crippen LogP contribution in [0.15, 0.2) is 75.8 Å². The van der Waals surface area contributed by atoms with Gasteiger partial charge < -0.3 is 27.1 Å². The van der Waals surface area contributed by atoms with Gasteiger partial charge in [0.25, 0.3) is 11.4 Å². The van der Waals surface area contributed by atoms with E-state index < -0.39 is 51.7 Å². The lowest BCUT2D eigenvalue weighted by Gasteiger charge is -2.21.